The minimum Gasteiger partial charge on any atom is -0.484 e. The van der Waals surface area contributed by atoms with Crippen LogP contribution >= 0.6 is 11.8 Å². The van der Waals surface area contributed by atoms with Crippen molar-refractivity contribution in [2.24, 2.45) is 0 Å². The van der Waals surface area contributed by atoms with Crippen molar-refractivity contribution in [2.45, 2.75) is 11.8 Å². The van der Waals surface area contributed by atoms with Crippen molar-refractivity contribution in [1.29, 1.82) is 0 Å². The summed E-state index contributed by atoms with van der Waals surface area (Å²) in [6.45, 7) is 0.121. The molecule has 1 heterocycles. The normalized spacial score (nSPS) is 10.5. The minimum atomic E-state index is -0.541. The number of para-hydroxylation sites is 1. The maximum atomic E-state index is 12.2. The van der Waals surface area contributed by atoms with Crippen LogP contribution < -0.4 is 4.74 Å². The number of carbonyl (C=O) groups excluding carboxylic acids is 1. The van der Waals surface area contributed by atoms with E-state index in [-0.39, 0.29) is 34.6 Å². The van der Waals surface area contributed by atoms with Crippen LogP contribution in [-0.4, -0.2) is 26.7 Å². The topological polar surface area (TPSA) is 108 Å². The largest absolute Gasteiger partial charge is 0.484 e. The molecule has 9 heteroatoms. The fraction of sp³-hybridized carbons (Fsp3) is 0.118. The molecule has 0 radical (unpaired) electrons. The minimum absolute atomic E-state index is 0.0301. The summed E-state index contributed by atoms with van der Waals surface area (Å²) in [6, 6.07) is 14.8. The SMILES string of the molecule is O=C(CSc1nnc(COc2ccccc2)o1)c1cccc([N+](=O)[O-])c1. The molecule has 0 saturated carbocycles. The third-order valence-electron chi connectivity index (χ3n) is 3.26. The first kappa shape index (κ1) is 17.6. The Hall–Kier alpha value is -3.20. The van der Waals surface area contributed by atoms with Gasteiger partial charge in [-0.1, -0.05) is 42.1 Å². The van der Waals surface area contributed by atoms with Gasteiger partial charge in [-0.05, 0) is 12.1 Å². The summed E-state index contributed by atoms with van der Waals surface area (Å²) >= 11 is 1.06. The van der Waals surface area contributed by atoms with E-state index in [2.05, 4.69) is 10.2 Å². The van der Waals surface area contributed by atoms with Gasteiger partial charge in [0.1, 0.15) is 5.75 Å². The number of nitro groups is 1. The first-order chi connectivity index (χ1) is 12.6. The molecule has 8 nitrogen and oxygen atoms in total. The molecule has 0 saturated heterocycles. The zero-order chi connectivity index (χ0) is 18.4. The van der Waals surface area contributed by atoms with E-state index in [9.17, 15) is 14.9 Å². The van der Waals surface area contributed by atoms with Gasteiger partial charge in [0.2, 0.25) is 0 Å². The van der Waals surface area contributed by atoms with E-state index < -0.39 is 4.92 Å². The summed E-state index contributed by atoms with van der Waals surface area (Å²) in [5.41, 5.74) is 0.137. The van der Waals surface area contributed by atoms with E-state index in [1.54, 1.807) is 0 Å². The van der Waals surface area contributed by atoms with Gasteiger partial charge in [-0.15, -0.1) is 10.2 Å². The number of ether oxygens (including phenoxy) is 1. The van der Waals surface area contributed by atoms with E-state index in [0.717, 1.165) is 11.8 Å². The highest BCUT2D eigenvalue weighted by atomic mass is 32.2. The van der Waals surface area contributed by atoms with Gasteiger partial charge in [-0.25, -0.2) is 0 Å². The van der Waals surface area contributed by atoms with Crippen molar-refractivity contribution in [3.8, 4) is 5.75 Å². The number of hydrogen-bond donors (Lipinski definition) is 0. The molecule has 26 heavy (non-hydrogen) atoms. The lowest BCUT2D eigenvalue weighted by molar-refractivity contribution is -0.384. The summed E-state index contributed by atoms with van der Waals surface area (Å²) in [5.74, 6) is 0.737. The quantitative estimate of drug-likeness (QED) is 0.256. The average molecular weight is 371 g/mol. The summed E-state index contributed by atoms with van der Waals surface area (Å²) in [4.78, 5) is 22.4. The molecule has 3 rings (SSSR count). The Morgan fingerprint density at radius 2 is 1.96 bits per heavy atom. The molecule has 0 N–H and O–H groups in total. The zero-order valence-electron chi connectivity index (χ0n) is 13.4. The molecule has 0 fully saturated rings. The Balaban J connectivity index is 1.53. The van der Waals surface area contributed by atoms with Gasteiger partial charge in [-0.2, -0.15) is 0 Å². The number of benzene rings is 2. The Kier molecular flexibility index (Phi) is 5.59. The first-order valence-electron chi connectivity index (χ1n) is 7.52. The standard InChI is InChI=1S/C17H13N3O5S/c21-15(12-5-4-6-13(9-12)20(22)23)11-26-17-19-18-16(25-17)10-24-14-7-2-1-3-8-14/h1-9H,10-11H2. The smallest absolute Gasteiger partial charge is 0.277 e. The molecule has 132 valence electrons. The Bertz CT molecular complexity index is 914. The second kappa shape index (κ2) is 8.26. The summed E-state index contributed by atoms with van der Waals surface area (Å²) in [5, 5.41) is 18.7. The number of Topliss-reactive ketones (excluding diaryl/α,β-unsaturated/α-hetero) is 1. The monoisotopic (exact) mass is 371 g/mol. The van der Waals surface area contributed by atoms with Crippen LogP contribution in [0.3, 0.4) is 0 Å². The molecule has 0 aliphatic rings. The Labute approximate surface area is 152 Å². The lowest BCUT2D eigenvalue weighted by atomic mass is 10.1. The third-order valence-corrected chi connectivity index (χ3v) is 4.08. The molecule has 0 bridgehead atoms. The van der Waals surface area contributed by atoms with Crippen LogP contribution in [0.15, 0.2) is 64.2 Å². The number of aromatic nitrogens is 2. The third kappa shape index (κ3) is 4.67. The van der Waals surface area contributed by atoms with Gasteiger partial charge >= 0.3 is 0 Å². The predicted molar refractivity (Wildman–Crippen MR) is 93.2 cm³/mol. The fourth-order valence-corrected chi connectivity index (χ4v) is 2.70. The van der Waals surface area contributed by atoms with Crippen LogP contribution in [0.4, 0.5) is 5.69 Å². The molecule has 0 spiro atoms. The molecular formula is C17H13N3O5S. The lowest BCUT2D eigenvalue weighted by Crippen LogP contribution is -2.03. The first-order valence-corrected chi connectivity index (χ1v) is 8.51. The highest BCUT2D eigenvalue weighted by Gasteiger charge is 2.14. The fourth-order valence-electron chi connectivity index (χ4n) is 2.02. The summed E-state index contributed by atoms with van der Waals surface area (Å²) < 4.78 is 10.9. The van der Waals surface area contributed by atoms with Gasteiger partial charge in [0.15, 0.2) is 12.4 Å². The number of nitro benzene ring substituents is 1. The molecular weight excluding hydrogens is 358 g/mol. The van der Waals surface area contributed by atoms with Crippen LogP contribution in [0.5, 0.6) is 5.75 Å². The number of non-ortho nitro benzene ring substituents is 1. The van der Waals surface area contributed by atoms with Crippen LogP contribution in [0.2, 0.25) is 0 Å². The van der Waals surface area contributed by atoms with E-state index in [1.165, 1.54) is 24.3 Å². The Morgan fingerprint density at radius 1 is 1.15 bits per heavy atom. The van der Waals surface area contributed by atoms with E-state index in [1.807, 2.05) is 30.3 Å². The molecule has 0 aliphatic carbocycles. The van der Waals surface area contributed by atoms with Gasteiger partial charge in [0, 0.05) is 17.7 Å². The van der Waals surface area contributed by atoms with Crippen molar-refractivity contribution >= 4 is 23.2 Å². The number of rotatable bonds is 8. The number of hydrogen-bond acceptors (Lipinski definition) is 8. The lowest BCUT2D eigenvalue weighted by Gasteiger charge is -2.01. The van der Waals surface area contributed by atoms with Crippen molar-refractivity contribution in [3.05, 3.63) is 76.2 Å². The van der Waals surface area contributed by atoms with Crippen molar-refractivity contribution in [1.82, 2.24) is 10.2 Å². The molecule has 3 aromatic rings. The maximum Gasteiger partial charge on any atom is 0.277 e. The summed E-state index contributed by atoms with van der Waals surface area (Å²) in [6.07, 6.45) is 0. The van der Waals surface area contributed by atoms with Crippen molar-refractivity contribution in [2.75, 3.05) is 5.75 Å². The van der Waals surface area contributed by atoms with Crippen molar-refractivity contribution in [3.63, 3.8) is 0 Å². The molecule has 0 atom stereocenters. The second-order valence-corrected chi connectivity index (χ2v) is 6.01. The van der Waals surface area contributed by atoms with Gasteiger partial charge < -0.3 is 9.15 Å². The van der Waals surface area contributed by atoms with Crippen LogP contribution in [0.25, 0.3) is 0 Å². The number of carbonyl (C=O) groups is 1. The molecule has 2 aromatic carbocycles. The van der Waals surface area contributed by atoms with Gasteiger partial charge in [-0.3, -0.25) is 14.9 Å². The zero-order valence-corrected chi connectivity index (χ0v) is 14.2. The van der Waals surface area contributed by atoms with Gasteiger partial charge in [0.25, 0.3) is 16.8 Å². The highest BCUT2D eigenvalue weighted by Crippen LogP contribution is 2.20. The van der Waals surface area contributed by atoms with Gasteiger partial charge in [0.05, 0.1) is 10.7 Å². The predicted octanol–water partition coefficient (Wildman–Crippen LogP) is 3.53. The maximum absolute atomic E-state index is 12.2. The van der Waals surface area contributed by atoms with E-state index in [4.69, 9.17) is 9.15 Å². The Morgan fingerprint density at radius 3 is 2.73 bits per heavy atom. The van der Waals surface area contributed by atoms with Crippen LogP contribution in [-0.2, 0) is 6.61 Å². The highest BCUT2D eigenvalue weighted by molar-refractivity contribution is 7.99. The molecule has 0 aliphatic heterocycles. The van der Waals surface area contributed by atoms with E-state index >= 15 is 0 Å². The molecule has 0 amide bonds. The van der Waals surface area contributed by atoms with Crippen LogP contribution in [0.1, 0.15) is 16.2 Å². The van der Waals surface area contributed by atoms with E-state index in [0.29, 0.717) is 11.6 Å². The summed E-state index contributed by atoms with van der Waals surface area (Å²) in [7, 11) is 0. The number of thioether (sulfide) groups is 1. The van der Waals surface area contributed by atoms with Crippen LogP contribution in [0, 0.1) is 10.1 Å². The number of nitrogens with zero attached hydrogens (tertiary/aromatic N) is 3. The molecule has 1 aromatic heterocycles. The molecule has 0 unspecified atom stereocenters. The second-order valence-electron chi connectivity index (χ2n) is 5.08. The number of ketones is 1. The van der Waals surface area contributed by atoms with Crippen molar-refractivity contribution < 1.29 is 18.9 Å². The average Bonchev–Trinajstić information content (AvgIpc) is 3.13.